The number of ether oxygens (including phenoxy) is 3. The molecule has 0 saturated carbocycles. The summed E-state index contributed by atoms with van der Waals surface area (Å²) in [6, 6.07) is 0. The van der Waals surface area contributed by atoms with E-state index in [1.54, 1.807) is 0 Å². The van der Waals surface area contributed by atoms with Crippen LogP contribution >= 0.6 is 0 Å². The Kier molecular flexibility index (Phi) is 4.19. The Labute approximate surface area is 91.3 Å². The van der Waals surface area contributed by atoms with Gasteiger partial charge in [0.2, 0.25) is 0 Å². The lowest BCUT2D eigenvalue weighted by atomic mass is 10.1. The Balaban J connectivity index is 2.72. The average molecular weight is 236 g/mol. The molecule has 6 nitrogen and oxygen atoms in total. The van der Waals surface area contributed by atoms with Gasteiger partial charge < -0.3 is 19.3 Å². The first-order valence-electron chi connectivity index (χ1n) is 4.70. The number of halogens is 1. The van der Waals surface area contributed by atoms with Crippen molar-refractivity contribution in [3.63, 3.8) is 0 Å². The van der Waals surface area contributed by atoms with Crippen molar-refractivity contribution < 1.29 is 33.3 Å². The average Bonchev–Trinajstić information content (AvgIpc) is 2.16. The number of rotatable bonds is 2. The second kappa shape index (κ2) is 5.22. The van der Waals surface area contributed by atoms with Crippen molar-refractivity contribution in [1.82, 2.24) is 0 Å². The van der Waals surface area contributed by atoms with Gasteiger partial charge in [0, 0.05) is 13.8 Å². The normalized spacial score (nSPS) is 34.2. The summed E-state index contributed by atoms with van der Waals surface area (Å²) >= 11 is 0. The fraction of sp³-hybridized carbons (Fsp3) is 0.778. The Morgan fingerprint density at radius 2 is 1.88 bits per heavy atom. The number of hydrogen-bond donors (Lipinski definition) is 1. The van der Waals surface area contributed by atoms with Gasteiger partial charge in [0.1, 0.15) is 0 Å². The molecule has 0 aromatic carbocycles. The van der Waals surface area contributed by atoms with Crippen LogP contribution in [0.1, 0.15) is 13.8 Å². The van der Waals surface area contributed by atoms with Crippen LogP contribution in [-0.4, -0.2) is 48.3 Å². The molecule has 16 heavy (non-hydrogen) atoms. The van der Waals surface area contributed by atoms with E-state index in [4.69, 9.17) is 9.84 Å². The molecule has 1 aliphatic heterocycles. The van der Waals surface area contributed by atoms with Crippen molar-refractivity contribution in [2.24, 2.45) is 0 Å². The highest BCUT2D eigenvalue weighted by atomic mass is 19.1. The minimum absolute atomic E-state index is 0.223. The first kappa shape index (κ1) is 12.9. The fourth-order valence-electron chi connectivity index (χ4n) is 1.39. The monoisotopic (exact) mass is 236 g/mol. The number of esters is 2. The van der Waals surface area contributed by atoms with Crippen molar-refractivity contribution >= 4 is 11.9 Å². The Morgan fingerprint density at radius 1 is 1.31 bits per heavy atom. The van der Waals surface area contributed by atoms with Crippen LogP contribution in [0.2, 0.25) is 0 Å². The first-order chi connectivity index (χ1) is 7.41. The number of alkyl halides is 1. The summed E-state index contributed by atoms with van der Waals surface area (Å²) in [7, 11) is 0. The lowest BCUT2D eigenvalue weighted by Crippen LogP contribution is -2.54. The Morgan fingerprint density at radius 3 is 2.38 bits per heavy atom. The number of carbonyl (C=O) groups excluding carboxylic acids is 2. The maximum Gasteiger partial charge on any atom is 0.303 e. The molecule has 0 amide bonds. The minimum atomic E-state index is -1.94. The summed E-state index contributed by atoms with van der Waals surface area (Å²) in [5, 5.41) is 9.08. The van der Waals surface area contributed by atoms with Crippen LogP contribution in [0.15, 0.2) is 0 Å². The summed E-state index contributed by atoms with van der Waals surface area (Å²) in [6.45, 7) is 2.02. The van der Waals surface area contributed by atoms with Gasteiger partial charge in [-0.2, -0.15) is 0 Å². The summed E-state index contributed by atoms with van der Waals surface area (Å²) in [4.78, 5) is 21.5. The Hall–Kier alpha value is -1.21. The molecule has 4 atom stereocenters. The molecule has 0 aromatic rings. The molecule has 0 spiro atoms. The van der Waals surface area contributed by atoms with E-state index in [0.29, 0.717) is 0 Å². The van der Waals surface area contributed by atoms with Crippen molar-refractivity contribution in [3.05, 3.63) is 0 Å². The van der Waals surface area contributed by atoms with Crippen LogP contribution < -0.4 is 0 Å². The van der Waals surface area contributed by atoms with Crippen LogP contribution in [0.3, 0.4) is 0 Å². The van der Waals surface area contributed by atoms with E-state index in [-0.39, 0.29) is 6.61 Å². The largest absolute Gasteiger partial charge is 0.456 e. The molecule has 0 aromatic heterocycles. The van der Waals surface area contributed by atoms with Crippen LogP contribution in [-0.2, 0) is 23.8 Å². The first-order valence-corrected chi connectivity index (χ1v) is 4.70. The zero-order valence-electron chi connectivity index (χ0n) is 8.88. The molecule has 1 N–H and O–H groups in total. The maximum absolute atomic E-state index is 13.5. The van der Waals surface area contributed by atoms with E-state index in [9.17, 15) is 14.0 Å². The van der Waals surface area contributed by atoms with Gasteiger partial charge in [-0.15, -0.1) is 0 Å². The van der Waals surface area contributed by atoms with Crippen LogP contribution in [0.25, 0.3) is 0 Å². The molecule has 1 fully saturated rings. The lowest BCUT2D eigenvalue weighted by Gasteiger charge is -2.35. The predicted molar refractivity (Wildman–Crippen MR) is 48.0 cm³/mol. The van der Waals surface area contributed by atoms with Gasteiger partial charge in [-0.25, -0.2) is 4.39 Å². The summed E-state index contributed by atoms with van der Waals surface area (Å²) < 4.78 is 27.5. The number of aliphatic hydroxyl groups excluding tert-OH is 1. The molecule has 92 valence electrons. The predicted octanol–water partition coefficient (Wildman–Crippen LogP) is -0.464. The highest BCUT2D eigenvalue weighted by Gasteiger charge is 2.44. The molecule has 0 radical (unpaired) electrons. The zero-order chi connectivity index (χ0) is 12.3. The number of aliphatic hydroxyl groups is 1. The highest BCUT2D eigenvalue weighted by Crippen LogP contribution is 2.22. The van der Waals surface area contributed by atoms with E-state index in [1.165, 1.54) is 0 Å². The van der Waals surface area contributed by atoms with E-state index in [0.717, 1.165) is 13.8 Å². The molecule has 0 bridgehead atoms. The molecule has 7 heteroatoms. The maximum atomic E-state index is 13.5. The smallest absolute Gasteiger partial charge is 0.303 e. The third kappa shape index (κ3) is 3.14. The van der Waals surface area contributed by atoms with Crippen LogP contribution in [0.5, 0.6) is 0 Å². The number of carbonyl (C=O) groups is 2. The number of hydrogen-bond acceptors (Lipinski definition) is 6. The van der Waals surface area contributed by atoms with Gasteiger partial charge in [0.15, 0.2) is 24.7 Å². The van der Waals surface area contributed by atoms with Gasteiger partial charge in [0.05, 0.1) is 6.61 Å². The van der Waals surface area contributed by atoms with E-state index < -0.39 is 36.6 Å². The van der Waals surface area contributed by atoms with Crippen LogP contribution in [0.4, 0.5) is 4.39 Å². The second-order valence-corrected chi connectivity index (χ2v) is 3.39. The molecule has 1 rings (SSSR count). The van der Waals surface area contributed by atoms with E-state index in [1.807, 2.05) is 0 Å². The molecular formula is C9H13FO6. The van der Waals surface area contributed by atoms with E-state index >= 15 is 0 Å². The zero-order valence-corrected chi connectivity index (χ0v) is 8.88. The third-order valence-electron chi connectivity index (χ3n) is 2.00. The summed E-state index contributed by atoms with van der Waals surface area (Å²) in [5.41, 5.74) is 0. The van der Waals surface area contributed by atoms with Crippen molar-refractivity contribution in [3.8, 4) is 0 Å². The van der Waals surface area contributed by atoms with Gasteiger partial charge in [-0.05, 0) is 0 Å². The second-order valence-electron chi connectivity index (χ2n) is 3.39. The van der Waals surface area contributed by atoms with Crippen molar-refractivity contribution in [2.45, 2.75) is 38.5 Å². The Bertz CT molecular complexity index is 281. The van der Waals surface area contributed by atoms with Crippen molar-refractivity contribution in [2.75, 3.05) is 6.61 Å². The third-order valence-corrected chi connectivity index (χ3v) is 2.00. The minimum Gasteiger partial charge on any atom is -0.456 e. The molecule has 1 unspecified atom stereocenters. The molecule has 1 heterocycles. The van der Waals surface area contributed by atoms with Gasteiger partial charge >= 0.3 is 11.9 Å². The fourth-order valence-corrected chi connectivity index (χ4v) is 1.39. The van der Waals surface area contributed by atoms with Gasteiger partial charge in [-0.1, -0.05) is 0 Å². The molecule has 1 saturated heterocycles. The van der Waals surface area contributed by atoms with Gasteiger partial charge in [0.25, 0.3) is 0 Å². The summed E-state index contributed by atoms with van der Waals surface area (Å²) in [6.07, 6.45) is -6.01. The lowest BCUT2D eigenvalue weighted by molar-refractivity contribution is -0.246. The van der Waals surface area contributed by atoms with Gasteiger partial charge in [-0.3, -0.25) is 9.59 Å². The van der Waals surface area contributed by atoms with E-state index in [2.05, 4.69) is 9.47 Å². The van der Waals surface area contributed by atoms with Crippen LogP contribution in [0, 0.1) is 0 Å². The quantitative estimate of drug-likeness (QED) is 0.653. The highest BCUT2D eigenvalue weighted by molar-refractivity contribution is 5.67. The summed E-state index contributed by atoms with van der Waals surface area (Å²) in [5.74, 6) is -1.37. The topological polar surface area (TPSA) is 82.1 Å². The SMILES string of the molecule is CC(=O)O[C@H]1[C@H](F)C(O)OC[C@H]1OC(C)=O. The molecule has 1 aliphatic rings. The molecular weight excluding hydrogens is 223 g/mol. The molecule has 0 aliphatic carbocycles. The van der Waals surface area contributed by atoms with Crippen molar-refractivity contribution in [1.29, 1.82) is 0 Å². The standard InChI is InChI=1S/C9H13FO6/c1-4(11)15-6-3-14-9(13)7(10)8(6)16-5(2)12/h6-9,13H,3H2,1-2H3/t6-,7+,8-,9?/m1/s1.